The van der Waals surface area contributed by atoms with Crippen molar-refractivity contribution in [3.63, 3.8) is 0 Å². The topological polar surface area (TPSA) is 57.6 Å². The number of carboxylic acid groups (broad SMARTS) is 1. The molecular weight excluding hydrogens is 310 g/mol. The first-order valence-corrected chi connectivity index (χ1v) is 6.80. The molecule has 0 aromatic heterocycles. The van der Waals surface area contributed by atoms with Gasteiger partial charge in [-0.3, -0.25) is 9.59 Å². The van der Waals surface area contributed by atoms with E-state index in [0.717, 1.165) is 4.47 Å². The molecule has 0 aliphatic rings. The van der Waals surface area contributed by atoms with Gasteiger partial charge < -0.3 is 10.0 Å². The van der Waals surface area contributed by atoms with Crippen LogP contribution in [0.5, 0.6) is 0 Å². The fraction of sp³-hybridized carbons (Fsp3) is 0.429. The molecule has 0 heterocycles. The number of hydrogen-bond donors (Lipinski definition) is 1. The Morgan fingerprint density at radius 3 is 2.42 bits per heavy atom. The van der Waals surface area contributed by atoms with Crippen LogP contribution in [0, 0.1) is 0 Å². The third-order valence-electron chi connectivity index (χ3n) is 2.68. The summed E-state index contributed by atoms with van der Waals surface area (Å²) in [6.07, 6.45) is -0.0585. The molecule has 1 rings (SSSR count). The normalized spacial score (nSPS) is 11.2. The maximum Gasteiger partial charge on any atom is 0.305 e. The Labute approximate surface area is 121 Å². The van der Waals surface area contributed by atoms with Crippen molar-refractivity contribution in [1.82, 2.24) is 4.90 Å². The molecule has 0 aliphatic carbocycles. The summed E-state index contributed by atoms with van der Waals surface area (Å²) in [5.74, 6) is -1.06. The highest BCUT2D eigenvalue weighted by molar-refractivity contribution is 9.10. The van der Waals surface area contributed by atoms with Crippen molar-refractivity contribution in [2.24, 2.45) is 0 Å². The highest BCUT2D eigenvalue weighted by Gasteiger charge is 2.27. The molecule has 0 spiro atoms. The Balaban J connectivity index is 2.97. The van der Waals surface area contributed by atoms with Gasteiger partial charge in [0.1, 0.15) is 0 Å². The van der Waals surface area contributed by atoms with Crippen molar-refractivity contribution in [3.05, 3.63) is 34.3 Å². The molecule has 19 heavy (non-hydrogen) atoms. The van der Waals surface area contributed by atoms with E-state index in [1.54, 1.807) is 23.1 Å². The molecular formula is C14H18BrNO3. The first-order valence-electron chi connectivity index (χ1n) is 6.01. The van der Waals surface area contributed by atoms with Crippen LogP contribution in [0.25, 0.3) is 0 Å². The molecule has 0 unspecified atom stereocenters. The van der Waals surface area contributed by atoms with Crippen LogP contribution < -0.4 is 0 Å². The zero-order chi connectivity index (χ0) is 14.6. The van der Waals surface area contributed by atoms with E-state index >= 15 is 0 Å². The number of rotatable bonds is 4. The minimum atomic E-state index is -0.906. The highest BCUT2D eigenvalue weighted by Crippen LogP contribution is 2.20. The standard InChI is InChI=1S/C14H18BrNO3/c1-14(2,3)16(8-7-12(17)18)13(19)10-5-4-6-11(15)9-10/h4-6,9H,7-8H2,1-3H3,(H,17,18). The Morgan fingerprint density at radius 1 is 1.32 bits per heavy atom. The summed E-state index contributed by atoms with van der Waals surface area (Å²) in [6, 6.07) is 7.10. The lowest BCUT2D eigenvalue weighted by molar-refractivity contribution is -0.137. The van der Waals surface area contributed by atoms with Crippen molar-refractivity contribution in [3.8, 4) is 0 Å². The molecule has 4 nitrogen and oxygen atoms in total. The first kappa shape index (κ1) is 15.7. The Morgan fingerprint density at radius 2 is 1.95 bits per heavy atom. The van der Waals surface area contributed by atoms with Gasteiger partial charge in [-0.05, 0) is 39.0 Å². The van der Waals surface area contributed by atoms with Gasteiger partial charge >= 0.3 is 5.97 Å². The number of carboxylic acids is 1. The van der Waals surface area contributed by atoms with Gasteiger partial charge in [0.15, 0.2) is 0 Å². The number of halogens is 1. The molecule has 0 fully saturated rings. The second kappa shape index (κ2) is 6.19. The average molecular weight is 328 g/mol. The third kappa shape index (κ3) is 4.67. The number of amides is 1. The second-order valence-corrected chi connectivity index (χ2v) is 6.20. The number of hydrogen-bond acceptors (Lipinski definition) is 2. The minimum absolute atomic E-state index is 0.0585. The van der Waals surface area contributed by atoms with Gasteiger partial charge in [-0.25, -0.2) is 0 Å². The van der Waals surface area contributed by atoms with Crippen LogP contribution in [-0.4, -0.2) is 34.0 Å². The number of nitrogens with zero attached hydrogens (tertiary/aromatic N) is 1. The van der Waals surface area contributed by atoms with Crippen molar-refractivity contribution in [1.29, 1.82) is 0 Å². The maximum absolute atomic E-state index is 12.5. The molecule has 1 aromatic rings. The number of aliphatic carboxylic acids is 1. The fourth-order valence-electron chi connectivity index (χ4n) is 1.73. The molecule has 1 N–H and O–H groups in total. The monoisotopic (exact) mass is 327 g/mol. The molecule has 0 aliphatic heterocycles. The molecule has 104 valence electrons. The van der Waals surface area contributed by atoms with E-state index in [1.165, 1.54) is 0 Å². The molecule has 0 bridgehead atoms. The van der Waals surface area contributed by atoms with Crippen LogP contribution >= 0.6 is 15.9 Å². The molecule has 0 saturated carbocycles. The van der Waals surface area contributed by atoms with Crippen molar-refractivity contribution >= 4 is 27.8 Å². The Hall–Kier alpha value is -1.36. The molecule has 1 amide bonds. The summed E-state index contributed by atoms with van der Waals surface area (Å²) >= 11 is 3.33. The van der Waals surface area contributed by atoms with E-state index < -0.39 is 11.5 Å². The lowest BCUT2D eigenvalue weighted by atomic mass is 10.0. The predicted octanol–water partition coefficient (Wildman–Crippen LogP) is 3.16. The summed E-state index contributed by atoms with van der Waals surface area (Å²) in [4.78, 5) is 24.8. The fourth-order valence-corrected chi connectivity index (χ4v) is 2.13. The first-order chi connectivity index (χ1) is 8.71. The van der Waals surface area contributed by atoms with E-state index in [-0.39, 0.29) is 18.9 Å². The lowest BCUT2D eigenvalue weighted by Gasteiger charge is -2.35. The number of carbonyl (C=O) groups is 2. The van der Waals surface area contributed by atoms with E-state index in [0.29, 0.717) is 5.56 Å². The molecule has 1 aromatic carbocycles. The van der Waals surface area contributed by atoms with Crippen LogP contribution in [0.2, 0.25) is 0 Å². The van der Waals surface area contributed by atoms with Gasteiger partial charge in [0, 0.05) is 22.1 Å². The summed E-state index contributed by atoms with van der Waals surface area (Å²) in [5.41, 5.74) is 0.129. The van der Waals surface area contributed by atoms with Crippen LogP contribution in [0.4, 0.5) is 0 Å². The maximum atomic E-state index is 12.5. The third-order valence-corrected chi connectivity index (χ3v) is 3.17. The van der Waals surface area contributed by atoms with Crippen molar-refractivity contribution < 1.29 is 14.7 Å². The smallest absolute Gasteiger partial charge is 0.305 e. The zero-order valence-electron chi connectivity index (χ0n) is 11.3. The lowest BCUT2D eigenvalue weighted by Crippen LogP contribution is -2.46. The van der Waals surface area contributed by atoms with Gasteiger partial charge in [0.25, 0.3) is 5.91 Å². The molecule has 0 radical (unpaired) electrons. The summed E-state index contributed by atoms with van der Waals surface area (Å²) < 4.78 is 0.824. The zero-order valence-corrected chi connectivity index (χ0v) is 12.9. The van der Waals surface area contributed by atoms with Crippen molar-refractivity contribution in [2.75, 3.05) is 6.54 Å². The summed E-state index contributed by atoms with van der Waals surface area (Å²) in [7, 11) is 0. The van der Waals surface area contributed by atoms with Crippen molar-refractivity contribution in [2.45, 2.75) is 32.7 Å². The van der Waals surface area contributed by atoms with Gasteiger partial charge in [0.2, 0.25) is 0 Å². The number of benzene rings is 1. The quantitative estimate of drug-likeness (QED) is 0.924. The molecule has 0 saturated heterocycles. The van der Waals surface area contributed by atoms with E-state index in [9.17, 15) is 9.59 Å². The van der Waals surface area contributed by atoms with Crippen LogP contribution in [0.1, 0.15) is 37.6 Å². The molecule has 5 heteroatoms. The van der Waals surface area contributed by atoms with Crippen LogP contribution in [-0.2, 0) is 4.79 Å². The van der Waals surface area contributed by atoms with Crippen LogP contribution in [0.3, 0.4) is 0 Å². The van der Waals surface area contributed by atoms with Gasteiger partial charge in [0.05, 0.1) is 6.42 Å². The predicted molar refractivity (Wildman–Crippen MR) is 77.2 cm³/mol. The van der Waals surface area contributed by atoms with E-state index in [4.69, 9.17) is 5.11 Å². The number of carbonyl (C=O) groups excluding carboxylic acids is 1. The Kier molecular flexibility index (Phi) is 5.11. The molecule has 0 atom stereocenters. The van der Waals surface area contributed by atoms with E-state index in [2.05, 4.69) is 15.9 Å². The van der Waals surface area contributed by atoms with Gasteiger partial charge in [-0.1, -0.05) is 22.0 Å². The minimum Gasteiger partial charge on any atom is -0.481 e. The second-order valence-electron chi connectivity index (χ2n) is 5.28. The largest absolute Gasteiger partial charge is 0.481 e. The summed E-state index contributed by atoms with van der Waals surface area (Å²) in [5, 5.41) is 8.78. The average Bonchev–Trinajstić information content (AvgIpc) is 2.26. The SMILES string of the molecule is CC(C)(C)N(CCC(=O)O)C(=O)c1cccc(Br)c1. The highest BCUT2D eigenvalue weighted by atomic mass is 79.9. The summed E-state index contributed by atoms with van der Waals surface area (Å²) in [6.45, 7) is 5.88. The van der Waals surface area contributed by atoms with Crippen LogP contribution in [0.15, 0.2) is 28.7 Å². The Bertz CT molecular complexity index is 480. The van der Waals surface area contributed by atoms with Gasteiger partial charge in [-0.2, -0.15) is 0 Å². The van der Waals surface area contributed by atoms with Gasteiger partial charge in [-0.15, -0.1) is 0 Å². The van der Waals surface area contributed by atoms with E-state index in [1.807, 2.05) is 26.8 Å².